The molecular formula is C28H28ClN5O4. The molecule has 2 aliphatic heterocycles. The highest BCUT2D eigenvalue weighted by atomic mass is 35.5. The Labute approximate surface area is 225 Å². The first kappa shape index (κ1) is 25.5. The van der Waals surface area contributed by atoms with E-state index in [9.17, 15) is 9.59 Å². The van der Waals surface area contributed by atoms with Crippen molar-refractivity contribution < 1.29 is 19.1 Å². The number of rotatable bonds is 7. The summed E-state index contributed by atoms with van der Waals surface area (Å²) in [5.74, 6) is 5.89. The number of likely N-dealkylation sites (tertiary alicyclic amines) is 1. The average Bonchev–Trinajstić information content (AvgIpc) is 3.26. The van der Waals surface area contributed by atoms with Crippen LogP contribution < -0.4 is 20.1 Å². The van der Waals surface area contributed by atoms with Crippen molar-refractivity contribution in [1.29, 1.82) is 0 Å². The van der Waals surface area contributed by atoms with Crippen LogP contribution in [0, 0.1) is 11.8 Å². The Morgan fingerprint density at radius 3 is 2.92 bits per heavy atom. The molecule has 2 aromatic heterocycles. The molecule has 0 aliphatic carbocycles. The molecule has 3 N–H and O–H groups in total. The first-order valence-electron chi connectivity index (χ1n) is 12.3. The number of hydrogen-bond acceptors (Lipinski definition) is 6. The van der Waals surface area contributed by atoms with Crippen LogP contribution in [0.3, 0.4) is 0 Å². The first-order valence-corrected chi connectivity index (χ1v) is 12.7. The molecule has 3 aromatic rings. The summed E-state index contributed by atoms with van der Waals surface area (Å²) in [7, 11) is 1.54. The van der Waals surface area contributed by atoms with Crippen molar-refractivity contribution in [2.75, 3.05) is 32.1 Å². The monoisotopic (exact) mass is 533 g/mol. The number of aromatic nitrogens is 2. The van der Waals surface area contributed by atoms with Gasteiger partial charge in [-0.3, -0.25) is 14.6 Å². The van der Waals surface area contributed by atoms with Crippen LogP contribution in [0.25, 0.3) is 11.3 Å². The van der Waals surface area contributed by atoms with Crippen LogP contribution in [0.4, 0.5) is 11.4 Å². The number of carbonyl (C=O) groups is 2. The van der Waals surface area contributed by atoms with Crippen molar-refractivity contribution in [2.45, 2.75) is 32.2 Å². The minimum Gasteiger partial charge on any atom is -0.493 e. The molecule has 9 nitrogen and oxygen atoms in total. The quantitative estimate of drug-likeness (QED) is 0.394. The lowest BCUT2D eigenvalue weighted by Crippen LogP contribution is -2.63. The van der Waals surface area contributed by atoms with Gasteiger partial charge < -0.3 is 30.0 Å². The number of pyridine rings is 1. The fourth-order valence-electron chi connectivity index (χ4n) is 4.87. The molecule has 1 saturated heterocycles. The van der Waals surface area contributed by atoms with Crippen LogP contribution in [-0.4, -0.2) is 59.0 Å². The Hall–Kier alpha value is -4.16. The van der Waals surface area contributed by atoms with Gasteiger partial charge in [0, 0.05) is 37.0 Å². The van der Waals surface area contributed by atoms with Gasteiger partial charge in [-0.25, -0.2) is 0 Å². The van der Waals surface area contributed by atoms with Crippen LogP contribution in [0.2, 0.25) is 5.02 Å². The number of halogens is 1. The van der Waals surface area contributed by atoms with E-state index in [2.05, 4.69) is 32.4 Å². The molecule has 1 aromatic carbocycles. The van der Waals surface area contributed by atoms with Gasteiger partial charge in [0.1, 0.15) is 12.4 Å². The van der Waals surface area contributed by atoms with Gasteiger partial charge in [-0.2, -0.15) is 0 Å². The largest absolute Gasteiger partial charge is 0.493 e. The smallest absolute Gasteiger partial charge is 0.299 e. The van der Waals surface area contributed by atoms with E-state index in [-0.39, 0.29) is 18.4 Å². The minimum absolute atomic E-state index is 0.179. The summed E-state index contributed by atoms with van der Waals surface area (Å²) in [5.41, 5.74) is 3.46. The van der Waals surface area contributed by atoms with E-state index in [1.54, 1.807) is 37.4 Å². The molecule has 5 rings (SSSR count). The molecule has 0 unspecified atom stereocenters. The van der Waals surface area contributed by atoms with Gasteiger partial charge in [0.15, 0.2) is 5.75 Å². The Morgan fingerprint density at radius 1 is 1.34 bits per heavy atom. The number of H-pyrrole nitrogens is 1. The van der Waals surface area contributed by atoms with Crippen molar-refractivity contribution in [2.24, 2.45) is 0 Å². The lowest BCUT2D eigenvalue weighted by molar-refractivity contribution is -0.141. The van der Waals surface area contributed by atoms with Crippen LogP contribution in [0.5, 0.6) is 11.5 Å². The normalized spacial score (nSPS) is 17.9. The number of amides is 2. The predicted molar refractivity (Wildman–Crippen MR) is 145 cm³/mol. The van der Waals surface area contributed by atoms with Crippen LogP contribution in [-0.2, 0) is 11.2 Å². The van der Waals surface area contributed by atoms with E-state index in [0.29, 0.717) is 58.7 Å². The fraction of sp³-hybridized carbons (Fsp3) is 0.321. The van der Waals surface area contributed by atoms with Crippen LogP contribution in [0.15, 0.2) is 36.7 Å². The summed E-state index contributed by atoms with van der Waals surface area (Å²) in [6.07, 6.45) is 4.76. The summed E-state index contributed by atoms with van der Waals surface area (Å²) in [5, 5.41) is 6.75. The zero-order chi connectivity index (χ0) is 26.9. The van der Waals surface area contributed by atoms with Crippen molar-refractivity contribution >= 4 is 34.8 Å². The molecule has 2 amide bonds. The third-order valence-electron chi connectivity index (χ3n) is 6.99. The number of ether oxygens (including phenoxy) is 2. The minimum atomic E-state index is -0.474. The highest BCUT2D eigenvalue weighted by Crippen LogP contribution is 2.43. The third kappa shape index (κ3) is 4.52. The van der Waals surface area contributed by atoms with E-state index in [1.165, 1.54) is 0 Å². The maximum atomic E-state index is 13.0. The van der Waals surface area contributed by atoms with Crippen LogP contribution >= 0.6 is 11.6 Å². The van der Waals surface area contributed by atoms with Crippen molar-refractivity contribution in [3.63, 3.8) is 0 Å². The van der Waals surface area contributed by atoms with Crippen molar-refractivity contribution in [3.05, 3.63) is 52.9 Å². The number of aromatic amines is 1. The number of para-hydroxylation sites is 1. The molecule has 2 aliphatic rings. The van der Waals surface area contributed by atoms with Gasteiger partial charge in [0.2, 0.25) is 0 Å². The first-order chi connectivity index (χ1) is 18.4. The highest BCUT2D eigenvalue weighted by molar-refractivity contribution is 6.32. The lowest BCUT2D eigenvalue weighted by atomic mass is 9.87. The van der Waals surface area contributed by atoms with E-state index < -0.39 is 5.54 Å². The van der Waals surface area contributed by atoms with Crippen molar-refractivity contribution in [1.82, 2.24) is 20.2 Å². The standard InChI is InChI=1S/C28H28ClN5O4/c1-4-6-22(35)34-14-11-28(34,2)16-38-21-15-30-12-9-17(21)24-25(23-19(32-24)10-13-31-27(23)36)33-20-8-5-7-18(29)26(20)37-3/h5,7-9,12,15,32-33H,10-11,13-14,16H2,1-3H3,(H,31,36)/t28-/m0/s1. The molecule has 0 radical (unpaired) electrons. The lowest BCUT2D eigenvalue weighted by Gasteiger charge is -2.49. The molecule has 38 heavy (non-hydrogen) atoms. The molecule has 10 heteroatoms. The molecule has 0 bridgehead atoms. The zero-order valence-electron chi connectivity index (χ0n) is 21.4. The maximum absolute atomic E-state index is 13.0. The Morgan fingerprint density at radius 2 is 2.18 bits per heavy atom. The summed E-state index contributed by atoms with van der Waals surface area (Å²) >= 11 is 6.36. The fourth-order valence-corrected chi connectivity index (χ4v) is 5.12. The SMILES string of the molecule is CC#CC(=O)N1CC[C@@]1(C)COc1cnccc1-c1[nH]c2c(c1Nc1cccc(Cl)c1OC)C(=O)NCC2. The number of nitrogens with zero attached hydrogens (tertiary/aromatic N) is 2. The Bertz CT molecular complexity index is 1470. The highest BCUT2D eigenvalue weighted by Gasteiger charge is 2.44. The number of nitrogens with one attached hydrogen (secondary N) is 3. The number of benzene rings is 1. The molecule has 196 valence electrons. The van der Waals surface area contributed by atoms with Crippen molar-refractivity contribution in [3.8, 4) is 34.6 Å². The Kier molecular flexibility index (Phi) is 6.91. The van der Waals surface area contributed by atoms with E-state index in [1.807, 2.05) is 25.1 Å². The summed E-state index contributed by atoms with van der Waals surface area (Å²) in [6.45, 7) is 5.08. The second-order valence-electron chi connectivity index (χ2n) is 9.42. The average molecular weight is 534 g/mol. The number of anilines is 2. The molecular weight excluding hydrogens is 506 g/mol. The van der Waals surface area contributed by atoms with Gasteiger partial charge in [0.05, 0.1) is 46.5 Å². The maximum Gasteiger partial charge on any atom is 0.299 e. The summed E-state index contributed by atoms with van der Waals surface area (Å²) in [4.78, 5) is 34.8. The molecule has 1 fully saturated rings. The number of methoxy groups -OCH3 is 1. The van der Waals surface area contributed by atoms with Crippen LogP contribution in [0.1, 0.15) is 36.3 Å². The number of fused-ring (bicyclic) bond motifs is 1. The summed E-state index contributed by atoms with van der Waals surface area (Å²) < 4.78 is 11.8. The molecule has 4 heterocycles. The van der Waals surface area contributed by atoms with E-state index in [4.69, 9.17) is 21.1 Å². The van der Waals surface area contributed by atoms with Gasteiger partial charge in [-0.15, -0.1) is 0 Å². The van der Waals surface area contributed by atoms with Gasteiger partial charge in [-0.1, -0.05) is 23.6 Å². The van der Waals surface area contributed by atoms with E-state index in [0.717, 1.165) is 17.7 Å². The third-order valence-corrected chi connectivity index (χ3v) is 7.29. The second-order valence-corrected chi connectivity index (χ2v) is 9.83. The number of carbonyl (C=O) groups excluding carboxylic acids is 2. The zero-order valence-corrected chi connectivity index (χ0v) is 22.2. The molecule has 1 atom stereocenters. The predicted octanol–water partition coefficient (Wildman–Crippen LogP) is 4.16. The molecule has 0 saturated carbocycles. The van der Waals surface area contributed by atoms with E-state index >= 15 is 0 Å². The molecule has 0 spiro atoms. The van der Waals surface area contributed by atoms with Gasteiger partial charge in [0.25, 0.3) is 11.8 Å². The number of hydrogen-bond donors (Lipinski definition) is 3. The second kappa shape index (κ2) is 10.3. The topological polar surface area (TPSA) is 109 Å². The summed E-state index contributed by atoms with van der Waals surface area (Å²) in [6, 6.07) is 7.21. The Balaban J connectivity index is 1.53. The van der Waals surface area contributed by atoms with Gasteiger partial charge in [-0.05, 0) is 44.4 Å². The van der Waals surface area contributed by atoms with Gasteiger partial charge >= 0.3 is 0 Å².